The van der Waals surface area contributed by atoms with Gasteiger partial charge in [0.05, 0.1) is 5.69 Å². The molecule has 2 aromatic heterocycles. The van der Waals surface area contributed by atoms with Gasteiger partial charge in [-0.1, -0.05) is 0 Å². The molecule has 7 nitrogen and oxygen atoms in total. The van der Waals surface area contributed by atoms with Crippen LogP contribution in [0.3, 0.4) is 0 Å². The third kappa shape index (κ3) is 2.42. The zero-order valence-corrected chi connectivity index (χ0v) is 10.8. The van der Waals surface area contributed by atoms with Gasteiger partial charge in [0.1, 0.15) is 18.5 Å². The van der Waals surface area contributed by atoms with Gasteiger partial charge < -0.3 is 10.2 Å². The van der Waals surface area contributed by atoms with Gasteiger partial charge in [-0.2, -0.15) is 0 Å². The molecule has 0 bridgehead atoms. The van der Waals surface area contributed by atoms with Crippen LogP contribution >= 0.6 is 0 Å². The van der Waals surface area contributed by atoms with E-state index in [4.69, 9.17) is 0 Å². The summed E-state index contributed by atoms with van der Waals surface area (Å²) in [6.45, 7) is 1.38. The SMILES string of the molecule is O=C1NCCCN(c2ccncn2)C1c1ccncn1. The summed E-state index contributed by atoms with van der Waals surface area (Å²) in [5, 5.41) is 2.91. The molecule has 0 saturated carbocycles. The maximum Gasteiger partial charge on any atom is 0.249 e. The maximum atomic E-state index is 12.3. The van der Waals surface area contributed by atoms with E-state index < -0.39 is 6.04 Å². The fourth-order valence-corrected chi connectivity index (χ4v) is 2.29. The summed E-state index contributed by atoms with van der Waals surface area (Å²) in [5.41, 5.74) is 0.665. The van der Waals surface area contributed by atoms with E-state index in [1.807, 2.05) is 4.90 Å². The van der Waals surface area contributed by atoms with E-state index in [9.17, 15) is 4.79 Å². The van der Waals surface area contributed by atoms with Crippen LogP contribution in [-0.2, 0) is 4.79 Å². The van der Waals surface area contributed by atoms with Crippen molar-refractivity contribution in [2.24, 2.45) is 0 Å². The summed E-state index contributed by atoms with van der Waals surface area (Å²) < 4.78 is 0. The highest BCUT2D eigenvalue weighted by atomic mass is 16.2. The molecule has 0 aromatic carbocycles. The fraction of sp³-hybridized carbons (Fsp3) is 0.308. The fourth-order valence-electron chi connectivity index (χ4n) is 2.29. The van der Waals surface area contributed by atoms with Crippen LogP contribution in [0, 0.1) is 0 Å². The van der Waals surface area contributed by atoms with E-state index in [-0.39, 0.29) is 5.91 Å². The van der Waals surface area contributed by atoms with Crippen molar-refractivity contribution in [1.29, 1.82) is 0 Å². The molecular weight excluding hydrogens is 256 g/mol. The second-order valence-electron chi connectivity index (χ2n) is 4.44. The first-order valence-electron chi connectivity index (χ1n) is 6.42. The normalized spacial score (nSPS) is 19.3. The molecule has 7 heteroatoms. The molecule has 20 heavy (non-hydrogen) atoms. The van der Waals surface area contributed by atoms with Gasteiger partial charge in [-0.3, -0.25) is 4.79 Å². The Morgan fingerprint density at radius 3 is 2.65 bits per heavy atom. The molecule has 1 amide bonds. The molecule has 3 rings (SSSR count). The van der Waals surface area contributed by atoms with Crippen molar-refractivity contribution < 1.29 is 4.79 Å². The summed E-state index contributed by atoms with van der Waals surface area (Å²) in [5.74, 6) is 0.653. The number of aromatic nitrogens is 4. The quantitative estimate of drug-likeness (QED) is 0.847. The smallest absolute Gasteiger partial charge is 0.249 e. The summed E-state index contributed by atoms with van der Waals surface area (Å²) in [6, 6.07) is 3.06. The van der Waals surface area contributed by atoms with Crippen LogP contribution in [0.2, 0.25) is 0 Å². The van der Waals surface area contributed by atoms with Crippen LogP contribution in [0.4, 0.5) is 5.82 Å². The molecule has 1 aliphatic rings. The second kappa shape index (κ2) is 5.60. The van der Waals surface area contributed by atoms with E-state index >= 15 is 0 Å². The highest BCUT2D eigenvalue weighted by Crippen LogP contribution is 2.25. The molecule has 1 saturated heterocycles. The molecular formula is C13H14N6O. The number of nitrogens with one attached hydrogen (secondary N) is 1. The van der Waals surface area contributed by atoms with Crippen LogP contribution in [0.1, 0.15) is 18.2 Å². The topological polar surface area (TPSA) is 83.9 Å². The van der Waals surface area contributed by atoms with Crippen molar-refractivity contribution in [1.82, 2.24) is 25.3 Å². The van der Waals surface area contributed by atoms with Gasteiger partial charge in [-0.15, -0.1) is 0 Å². The molecule has 2 aromatic rings. The summed E-state index contributed by atoms with van der Waals surface area (Å²) >= 11 is 0. The van der Waals surface area contributed by atoms with Crippen molar-refractivity contribution in [3.63, 3.8) is 0 Å². The third-order valence-electron chi connectivity index (χ3n) is 3.18. The number of amides is 1. The minimum Gasteiger partial charge on any atom is -0.354 e. The standard InChI is InChI=1S/C13H14N6O/c20-13-12(10-2-5-14-8-17-10)19(7-1-4-16-13)11-3-6-15-9-18-11/h2-3,5-6,8-9,12H,1,4,7H2,(H,16,20). The molecule has 1 aliphatic heterocycles. The highest BCUT2D eigenvalue weighted by molar-refractivity contribution is 5.86. The molecule has 1 atom stereocenters. The second-order valence-corrected chi connectivity index (χ2v) is 4.44. The third-order valence-corrected chi connectivity index (χ3v) is 3.18. The van der Waals surface area contributed by atoms with E-state index in [1.165, 1.54) is 12.7 Å². The number of carbonyl (C=O) groups is 1. The number of anilines is 1. The van der Waals surface area contributed by atoms with Gasteiger partial charge in [0.2, 0.25) is 5.91 Å². The molecule has 0 spiro atoms. The zero-order valence-electron chi connectivity index (χ0n) is 10.8. The van der Waals surface area contributed by atoms with Gasteiger partial charge in [0.25, 0.3) is 0 Å². The summed E-state index contributed by atoms with van der Waals surface area (Å²) in [7, 11) is 0. The number of carbonyl (C=O) groups excluding carboxylic acids is 1. The first kappa shape index (κ1) is 12.5. The van der Waals surface area contributed by atoms with Crippen molar-refractivity contribution in [2.75, 3.05) is 18.0 Å². The van der Waals surface area contributed by atoms with E-state index in [2.05, 4.69) is 25.3 Å². The minimum atomic E-state index is -0.490. The predicted octanol–water partition coefficient (Wildman–Crippen LogP) is 0.334. The average molecular weight is 270 g/mol. The zero-order chi connectivity index (χ0) is 13.8. The van der Waals surface area contributed by atoms with Crippen LogP contribution in [0.15, 0.2) is 37.2 Å². The number of nitrogens with zero attached hydrogens (tertiary/aromatic N) is 5. The number of hydrogen-bond donors (Lipinski definition) is 1. The maximum absolute atomic E-state index is 12.3. The van der Waals surface area contributed by atoms with Gasteiger partial charge in [-0.05, 0) is 18.6 Å². The monoisotopic (exact) mass is 270 g/mol. The Balaban J connectivity index is 2.02. The average Bonchev–Trinajstić information content (AvgIpc) is 2.71. The van der Waals surface area contributed by atoms with E-state index in [0.717, 1.165) is 18.8 Å². The van der Waals surface area contributed by atoms with E-state index in [1.54, 1.807) is 24.5 Å². The predicted molar refractivity (Wildman–Crippen MR) is 71.8 cm³/mol. The Labute approximate surface area is 116 Å². The number of hydrogen-bond acceptors (Lipinski definition) is 6. The molecule has 102 valence electrons. The largest absolute Gasteiger partial charge is 0.354 e. The summed E-state index contributed by atoms with van der Waals surface area (Å²) in [6.07, 6.45) is 7.10. The lowest BCUT2D eigenvalue weighted by Gasteiger charge is -2.28. The lowest BCUT2D eigenvalue weighted by atomic mass is 10.1. The first-order valence-corrected chi connectivity index (χ1v) is 6.42. The van der Waals surface area contributed by atoms with Gasteiger partial charge in [0.15, 0.2) is 6.04 Å². The Hall–Kier alpha value is -2.57. The molecule has 1 N–H and O–H groups in total. The highest BCUT2D eigenvalue weighted by Gasteiger charge is 2.31. The first-order chi connectivity index (χ1) is 9.86. The lowest BCUT2D eigenvalue weighted by molar-refractivity contribution is -0.122. The van der Waals surface area contributed by atoms with Crippen molar-refractivity contribution >= 4 is 11.7 Å². The van der Waals surface area contributed by atoms with Crippen LogP contribution in [0.25, 0.3) is 0 Å². The van der Waals surface area contributed by atoms with Crippen LogP contribution in [-0.4, -0.2) is 38.9 Å². The Bertz CT molecular complexity index is 576. The van der Waals surface area contributed by atoms with Gasteiger partial charge in [0, 0.05) is 25.5 Å². The number of rotatable bonds is 2. The molecule has 1 fully saturated rings. The molecule has 3 heterocycles. The molecule has 1 unspecified atom stereocenters. The summed E-state index contributed by atoms with van der Waals surface area (Å²) in [4.78, 5) is 30.6. The molecule has 0 radical (unpaired) electrons. The van der Waals surface area contributed by atoms with E-state index in [0.29, 0.717) is 12.2 Å². The van der Waals surface area contributed by atoms with Crippen molar-refractivity contribution in [3.8, 4) is 0 Å². The minimum absolute atomic E-state index is 0.0696. The molecule has 0 aliphatic carbocycles. The van der Waals surface area contributed by atoms with Crippen molar-refractivity contribution in [3.05, 3.63) is 42.9 Å². The van der Waals surface area contributed by atoms with Gasteiger partial charge in [-0.25, -0.2) is 19.9 Å². The Morgan fingerprint density at radius 2 is 1.95 bits per heavy atom. The lowest BCUT2D eigenvalue weighted by Crippen LogP contribution is -2.38. The van der Waals surface area contributed by atoms with Crippen LogP contribution < -0.4 is 10.2 Å². The Kier molecular flexibility index (Phi) is 3.49. The van der Waals surface area contributed by atoms with Crippen molar-refractivity contribution in [2.45, 2.75) is 12.5 Å². The van der Waals surface area contributed by atoms with Gasteiger partial charge >= 0.3 is 0 Å². The Morgan fingerprint density at radius 1 is 1.15 bits per heavy atom. The van der Waals surface area contributed by atoms with Crippen LogP contribution in [0.5, 0.6) is 0 Å².